The van der Waals surface area contributed by atoms with Gasteiger partial charge in [-0.25, -0.2) is 0 Å². The van der Waals surface area contributed by atoms with E-state index in [0.717, 1.165) is 11.6 Å². The summed E-state index contributed by atoms with van der Waals surface area (Å²) in [5.41, 5.74) is 5.61. The zero-order valence-electron chi connectivity index (χ0n) is 19.7. The summed E-state index contributed by atoms with van der Waals surface area (Å²) in [5.74, 6) is 0.657. The Labute approximate surface area is 189 Å². The van der Waals surface area contributed by atoms with E-state index >= 15 is 0 Å². The molecule has 1 aliphatic carbocycles. The molecule has 0 radical (unpaired) electrons. The first-order valence-electron chi connectivity index (χ1n) is 11.6. The van der Waals surface area contributed by atoms with Crippen LogP contribution in [0.1, 0.15) is 62.6 Å². The summed E-state index contributed by atoms with van der Waals surface area (Å²) in [6.45, 7) is 10.2. The van der Waals surface area contributed by atoms with Crippen LogP contribution in [0.3, 0.4) is 0 Å². The van der Waals surface area contributed by atoms with Gasteiger partial charge in [0.15, 0.2) is 0 Å². The molecule has 0 N–H and O–H groups in total. The van der Waals surface area contributed by atoms with Gasteiger partial charge in [0.2, 0.25) is 0 Å². The fourth-order valence-corrected chi connectivity index (χ4v) is 5.78. The molecule has 3 unspecified atom stereocenters. The number of nitrogens with zero attached hydrogens (tertiary/aromatic N) is 2. The normalized spacial score (nSPS) is 24.3. The van der Waals surface area contributed by atoms with Crippen LogP contribution in [-0.2, 0) is 5.54 Å². The lowest BCUT2D eigenvalue weighted by atomic mass is 9.67. The first-order chi connectivity index (χ1) is 14.3. The SMILES string of the molecule is CCCN(c1cc(C)cc(C)c1)C1CCC(c2ccc(Cl)cc2)(N(C)C)CC1CC. The highest BCUT2D eigenvalue weighted by atomic mass is 35.5. The fraction of sp³-hybridized carbons (Fsp3) is 0.556. The lowest BCUT2D eigenvalue weighted by Crippen LogP contribution is -2.53. The average molecular weight is 427 g/mol. The molecule has 30 heavy (non-hydrogen) atoms. The Kier molecular flexibility index (Phi) is 7.52. The molecule has 3 atom stereocenters. The predicted molar refractivity (Wildman–Crippen MR) is 132 cm³/mol. The number of benzene rings is 2. The molecule has 2 nitrogen and oxygen atoms in total. The van der Waals surface area contributed by atoms with Crippen molar-refractivity contribution in [3.05, 3.63) is 64.2 Å². The number of rotatable bonds is 7. The Morgan fingerprint density at radius 3 is 2.17 bits per heavy atom. The van der Waals surface area contributed by atoms with Crippen molar-refractivity contribution >= 4 is 17.3 Å². The monoisotopic (exact) mass is 426 g/mol. The second kappa shape index (κ2) is 9.75. The molecule has 0 aromatic heterocycles. The van der Waals surface area contributed by atoms with Gasteiger partial charge in [0, 0.05) is 28.8 Å². The van der Waals surface area contributed by atoms with E-state index in [9.17, 15) is 0 Å². The third kappa shape index (κ3) is 4.70. The third-order valence-corrected chi connectivity index (χ3v) is 7.41. The van der Waals surface area contributed by atoms with E-state index in [1.54, 1.807) is 0 Å². The van der Waals surface area contributed by atoms with Gasteiger partial charge >= 0.3 is 0 Å². The third-order valence-electron chi connectivity index (χ3n) is 7.16. The lowest BCUT2D eigenvalue weighted by molar-refractivity contribution is 0.0554. The number of hydrogen-bond acceptors (Lipinski definition) is 2. The van der Waals surface area contributed by atoms with Gasteiger partial charge in [-0.1, -0.05) is 50.1 Å². The zero-order chi connectivity index (χ0) is 21.9. The lowest BCUT2D eigenvalue weighted by Gasteiger charge is -2.52. The van der Waals surface area contributed by atoms with Crippen LogP contribution < -0.4 is 4.90 Å². The van der Waals surface area contributed by atoms with Gasteiger partial charge < -0.3 is 4.90 Å². The molecular formula is C27H39ClN2. The molecule has 0 saturated heterocycles. The standard InChI is InChI=1S/C27H39ClN2/c1-7-15-30(25-17-20(3)16-21(4)18-25)26-13-14-27(29(5)6,19-22(26)8-2)23-9-11-24(28)12-10-23/h9-12,16-18,22,26H,7-8,13-15,19H2,1-6H3. The minimum absolute atomic E-state index is 0.0855. The second-order valence-electron chi connectivity index (χ2n) is 9.45. The molecule has 3 rings (SSSR count). The number of halogens is 1. The van der Waals surface area contributed by atoms with E-state index < -0.39 is 0 Å². The van der Waals surface area contributed by atoms with Crippen molar-refractivity contribution in [1.29, 1.82) is 0 Å². The van der Waals surface area contributed by atoms with Gasteiger partial charge in [0.05, 0.1) is 0 Å². The summed E-state index contributed by atoms with van der Waals surface area (Å²) in [4.78, 5) is 5.17. The zero-order valence-corrected chi connectivity index (χ0v) is 20.5. The molecule has 0 spiro atoms. The molecule has 0 heterocycles. The molecule has 0 bridgehead atoms. The van der Waals surface area contributed by atoms with E-state index in [2.05, 4.69) is 81.9 Å². The first kappa shape index (κ1) is 23.2. The van der Waals surface area contributed by atoms with Crippen LogP contribution in [0, 0.1) is 19.8 Å². The minimum atomic E-state index is 0.0855. The maximum absolute atomic E-state index is 6.20. The van der Waals surface area contributed by atoms with Crippen molar-refractivity contribution in [3.8, 4) is 0 Å². The Balaban J connectivity index is 1.95. The van der Waals surface area contributed by atoms with E-state index in [4.69, 9.17) is 11.6 Å². The van der Waals surface area contributed by atoms with Crippen molar-refractivity contribution in [3.63, 3.8) is 0 Å². The Hall–Kier alpha value is -1.51. The van der Waals surface area contributed by atoms with E-state index in [1.807, 2.05) is 12.1 Å². The van der Waals surface area contributed by atoms with Gasteiger partial charge in [0.1, 0.15) is 0 Å². The minimum Gasteiger partial charge on any atom is -0.368 e. The molecule has 2 aromatic rings. The summed E-state index contributed by atoms with van der Waals surface area (Å²) >= 11 is 6.20. The average Bonchev–Trinajstić information content (AvgIpc) is 2.71. The molecule has 1 saturated carbocycles. The van der Waals surface area contributed by atoms with Crippen LogP contribution in [0.15, 0.2) is 42.5 Å². The maximum atomic E-state index is 6.20. The molecular weight excluding hydrogens is 388 g/mol. The fourth-order valence-electron chi connectivity index (χ4n) is 5.65. The van der Waals surface area contributed by atoms with Gasteiger partial charge in [-0.2, -0.15) is 0 Å². The quantitative estimate of drug-likeness (QED) is 0.461. The molecule has 2 aromatic carbocycles. The van der Waals surface area contributed by atoms with Crippen LogP contribution in [0.25, 0.3) is 0 Å². The summed E-state index contributed by atoms with van der Waals surface area (Å²) in [6.07, 6.45) is 5.96. The van der Waals surface area contributed by atoms with Crippen molar-refractivity contribution in [2.45, 2.75) is 71.4 Å². The van der Waals surface area contributed by atoms with Crippen molar-refractivity contribution < 1.29 is 0 Å². The van der Waals surface area contributed by atoms with Crippen LogP contribution in [-0.4, -0.2) is 31.6 Å². The summed E-state index contributed by atoms with van der Waals surface area (Å²) in [7, 11) is 4.49. The van der Waals surface area contributed by atoms with Crippen molar-refractivity contribution in [2.75, 3.05) is 25.5 Å². The van der Waals surface area contributed by atoms with Crippen molar-refractivity contribution in [1.82, 2.24) is 4.90 Å². The molecule has 1 fully saturated rings. The van der Waals surface area contributed by atoms with Gasteiger partial charge in [-0.3, -0.25) is 4.90 Å². The molecule has 1 aliphatic rings. The van der Waals surface area contributed by atoms with E-state index in [-0.39, 0.29) is 5.54 Å². The first-order valence-corrected chi connectivity index (χ1v) is 12.0. The largest absolute Gasteiger partial charge is 0.368 e. The topological polar surface area (TPSA) is 6.48 Å². The van der Waals surface area contributed by atoms with Crippen molar-refractivity contribution in [2.24, 2.45) is 5.92 Å². The summed E-state index contributed by atoms with van der Waals surface area (Å²) < 4.78 is 0. The highest BCUT2D eigenvalue weighted by Gasteiger charge is 2.44. The second-order valence-corrected chi connectivity index (χ2v) is 9.89. The summed E-state index contributed by atoms with van der Waals surface area (Å²) in [5, 5.41) is 0.817. The molecule has 164 valence electrons. The Bertz CT molecular complexity index is 809. The molecule has 3 heteroatoms. The molecule has 0 aliphatic heterocycles. The van der Waals surface area contributed by atoms with Crippen LogP contribution in [0.5, 0.6) is 0 Å². The summed E-state index contributed by atoms with van der Waals surface area (Å²) in [6, 6.07) is 16.2. The highest BCUT2D eigenvalue weighted by Crippen LogP contribution is 2.47. The number of aryl methyl sites for hydroxylation is 2. The van der Waals surface area contributed by atoms with Crippen LogP contribution in [0.4, 0.5) is 5.69 Å². The maximum Gasteiger partial charge on any atom is 0.0458 e. The predicted octanol–water partition coefficient (Wildman–Crippen LogP) is 7.21. The smallest absolute Gasteiger partial charge is 0.0458 e. The van der Waals surface area contributed by atoms with Gasteiger partial charge in [-0.15, -0.1) is 0 Å². The van der Waals surface area contributed by atoms with Gasteiger partial charge in [-0.05, 0) is 100 Å². The number of anilines is 1. The van der Waals surface area contributed by atoms with Crippen LogP contribution >= 0.6 is 11.6 Å². The molecule has 0 amide bonds. The highest BCUT2D eigenvalue weighted by molar-refractivity contribution is 6.30. The Morgan fingerprint density at radius 2 is 1.63 bits per heavy atom. The van der Waals surface area contributed by atoms with E-state index in [0.29, 0.717) is 12.0 Å². The Morgan fingerprint density at radius 1 is 1.00 bits per heavy atom. The van der Waals surface area contributed by atoms with Gasteiger partial charge in [0.25, 0.3) is 0 Å². The van der Waals surface area contributed by atoms with E-state index in [1.165, 1.54) is 54.5 Å². The number of hydrogen-bond donors (Lipinski definition) is 0. The van der Waals surface area contributed by atoms with Crippen LogP contribution in [0.2, 0.25) is 5.02 Å².